The second-order valence-corrected chi connectivity index (χ2v) is 3.06. The van der Waals surface area contributed by atoms with Crippen LogP contribution in [0.5, 0.6) is 0 Å². The molecule has 0 spiro atoms. The van der Waals surface area contributed by atoms with E-state index >= 15 is 0 Å². The van der Waals surface area contributed by atoms with Crippen LogP contribution in [0, 0.1) is 0 Å². The number of benzene rings is 1. The van der Waals surface area contributed by atoms with Crippen LogP contribution >= 0.6 is 11.6 Å². The lowest BCUT2D eigenvalue weighted by Gasteiger charge is -1.99. The molecule has 5 heteroatoms. The maximum atomic E-state index is 10.7. The standard InChI is InChI=1S/C9H5ClN2O2/c10-8-6-3-5(9(13)14)1-2-7(6)11-4-12-8/h1-4H,(H,13,14). The number of rotatable bonds is 1. The van der Waals surface area contributed by atoms with E-state index in [0.29, 0.717) is 10.9 Å². The van der Waals surface area contributed by atoms with Crippen LogP contribution in [-0.4, -0.2) is 21.0 Å². The zero-order chi connectivity index (χ0) is 10.1. The Kier molecular flexibility index (Phi) is 2.05. The van der Waals surface area contributed by atoms with Crippen molar-refractivity contribution >= 4 is 28.5 Å². The highest BCUT2D eigenvalue weighted by Crippen LogP contribution is 2.20. The number of carboxylic acid groups (broad SMARTS) is 1. The first-order valence-corrected chi connectivity index (χ1v) is 4.20. The number of hydrogen-bond acceptors (Lipinski definition) is 3. The van der Waals surface area contributed by atoms with Crippen molar-refractivity contribution in [2.75, 3.05) is 0 Å². The van der Waals surface area contributed by atoms with Crippen molar-refractivity contribution < 1.29 is 9.90 Å². The van der Waals surface area contributed by atoms with E-state index in [0.717, 1.165) is 0 Å². The van der Waals surface area contributed by atoms with Gasteiger partial charge in [-0.2, -0.15) is 0 Å². The van der Waals surface area contributed by atoms with Gasteiger partial charge in [0.1, 0.15) is 11.5 Å². The molecule has 0 fully saturated rings. The zero-order valence-electron chi connectivity index (χ0n) is 6.94. The van der Waals surface area contributed by atoms with Crippen LogP contribution in [0.3, 0.4) is 0 Å². The van der Waals surface area contributed by atoms with Gasteiger partial charge in [-0.25, -0.2) is 14.8 Å². The Morgan fingerprint density at radius 2 is 2.14 bits per heavy atom. The van der Waals surface area contributed by atoms with Gasteiger partial charge in [0, 0.05) is 5.39 Å². The summed E-state index contributed by atoms with van der Waals surface area (Å²) in [4.78, 5) is 18.4. The molecule has 0 aliphatic heterocycles. The van der Waals surface area contributed by atoms with Crippen molar-refractivity contribution in [3.8, 4) is 0 Å². The Balaban J connectivity index is 2.76. The highest BCUT2D eigenvalue weighted by Gasteiger charge is 2.06. The number of hydrogen-bond donors (Lipinski definition) is 1. The van der Waals surface area contributed by atoms with E-state index in [9.17, 15) is 4.79 Å². The maximum absolute atomic E-state index is 10.7. The monoisotopic (exact) mass is 208 g/mol. The molecule has 2 aromatic rings. The molecule has 14 heavy (non-hydrogen) atoms. The first kappa shape index (κ1) is 8.90. The topological polar surface area (TPSA) is 63.1 Å². The lowest BCUT2D eigenvalue weighted by Crippen LogP contribution is -1.96. The first-order valence-electron chi connectivity index (χ1n) is 3.82. The number of carboxylic acids is 1. The van der Waals surface area contributed by atoms with Crippen LogP contribution in [0.25, 0.3) is 10.9 Å². The van der Waals surface area contributed by atoms with Crippen molar-refractivity contribution in [1.82, 2.24) is 9.97 Å². The second kappa shape index (κ2) is 3.23. The first-order chi connectivity index (χ1) is 6.68. The number of carbonyl (C=O) groups is 1. The third-order valence-corrected chi connectivity index (χ3v) is 2.13. The minimum absolute atomic E-state index is 0.175. The molecule has 1 N–H and O–H groups in total. The average Bonchev–Trinajstić information content (AvgIpc) is 2.18. The fourth-order valence-corrected chi connectivity index (χ4v) is 1.35. The summed E-state index contributed by atoms with van der Waals surface area (Å²) in [5, 5.41) is 9.56. The molecule has 0 aliphatic rings. The van der Waals surface area contributed by atoms with Gasteiger partial charge >= 0.3 is 5.97 Å². The molecule has 0 aliphatic carbocycles. The summed E-state index contributed by atoms with van der Waals surface area (Å²) in [6, 6.07) is 4.54. The third kappa shape index (κ3) is 1.40. The van der Waals surface area contributed by atoms with E-state index in [1.807, 2.05) is 0 Å². The molecule has 0 saturated heterocycles. The minimum atomic E-state index is -0.994. The number of nitrogens with zero attached hydrogens (tertiary/aromatic N) is 2. The Morgan fingerprint density at radius 1 is 1.36 bits per heavy atom. The quantitative estimate of drug-likeness (QED) is 0.728. The molecule has 1 aromatic heterocycles. The van der Waals surface area contributed by atoms with Gasteiger partial charge in [0.15, 0.2) is 0 Å². The Morgan fingerprint density at radius 3 is 2.86 bits per heavy atom. The Labute approximate surface area is 84.2 Å². The SMILES string of the molecule is O=C(O)c1ccc2ncnc(Cl)c2c1. The molecule has 0 radical (unpaired) electrons. The summed E-state index contributed by atoms with van der Waals surface area (Å²) in [6.07, 6.45) is 1.34. The van der Waals surface area contributed by atoms with Gasteiger partial charge in [0.05, 0.1) is 11.1 Å². The van der Waals surface area contributed by atoms with Crippen LogP contribution in [0.1, 0.15) is 10.4 Å². The van der Waals surface area contributed by atoms with E-state index < -0.39 is 5.97 Å². The molecule has 4 nitrogen and oxygen atoms in total. The zero-order valence-corrected chi connectivity index (χ0v) is 7.69. The molecule has 1 aromatic carbocycles. The van der Waals surface area contributed by atoms with Crippen LogP contribution in [0.15, 0.2) is 24.5 Å². The normalized spacial score (nSPS) is 10.4. The number of aromatic nitrogens is 2. The molecular weight excluding hydrogens is 204 g/mol. The third-order valence-electron chi connectivity index (χ3n) is 1.83. The second-order valence-electron chi connectivity index (χ2n) is 2.70. The molecule has 0 bridgehead atoms. The molecule has 70 valence electrons. The molecule has 0 unspecified atom stereocenters. The lowest BCUT2D eigenvalue weighted by molar-refractivity contribution is 0.0697. The van der Waals surface area contributed by atoms with Gasteiger partial charge in [0.25, 0.3) is 0 Å². The highest BCUT2D eigenvalue weighted by atomic mass is 35.5. The predicted molar refractivity (Wildman–Crippen MR) is 51.5 cm³/mol. The van der Waals surface area contributed by atoms with Crippen molar-refractivity contribution in [3.05, 3.63) is 35.2 Å². The highest BCUT2D eigenvalue weighted by molar-refractivity contribution is 6.34. The fourth-order valence-electron chi connectivity index (χ4n) is 1.16. The van der Waals surface area contributed by atoms with E-state index in [2.05, 4.69) is 9.97 Å². The van der Waals surface area contributed by atoms with Gasteiger partial charge in [-0.1, -0.05) is 11.6 Å². The molecule has 0 atom stereocenters. The predicted octanol–water partition coefficient (Wildman–Crippen LogP) is 1.98. The largest absolute Gasteiger partial charge is 0.478 e. The van der Waals surface area contributed by atoms with Crippen LogP contribution in [0.2, 0.25) is 5.15 Å². The maximum Gasteiger partial charge on any atom is 0.335 e. The van der Waals surface area contributed by atoms with E-state index in [-0.39, 0.29) is 10.7 Å². The Bertz CT molecular complexity index is 513. The molecule has 2 rings (SSSR count). The Hall–Kier alpha value is -1.68. The van der Waals surface area contributed by atoms with Gasteiger partial charge in [0.2, 0.25) is 0 Å². The smallest absolute Gasteiger partial charge is 0.335 e. The molecule has 0 saturated carbocycles. The fraction of sp³-hybridized carbons (Fsp3) is 0. The summed E-state index contributed by atoms with van der Waals surface area (Å²) >= 11 is 5.79. The van der Waals surface area contributed by atoms with Gasteiger partial charge in [-0.05, 0) is 18.2 Å². The van der Waals surface area contributed by atoms with Crippen LogP contribution in [0.4, 0.5) is 0 Å². The average molecular weight is 209 g/mol. The minimum Gasteiger partial charge on any atom is -0.478 e. The van der Waals surface area contributed by atoms with Crippen LogP contribution < -0.4 is 0 Å². The summed E-state index contributed by atoms with van der Waals surface area (Å²) in [7, 11) is 0. The van der Waals surface area contributed by atoms with Gasteiger partial charge in [-0.3, -0.25) is 0 Å². The number of fused-ring (bicyclic) bond motifs is 1. The summed E-state index contributed by atoms with van der Waals surface area (Å²) < 4.78 is 0. The van der Waals surface area contributed by atoms with Crippen molar-refractivity contribution in [2.24, 2.45) is 0 Å². The van der Waals surface area contributed by atoms with Crippen molar-refractivity contribution in [1.29, 1.82) is 0 Å². The summed E-state index contributed by atoms with van der Waals surface area (Å²) in [5.41, 5.74) is 0.809. The van der Waals surface area contributed by atoms with Gasteiger partial charge < -0.3 is 5.11 Å². The van der Waals surface area contributed by atoms with Crippen molar-refractivity contribution in [3.63, 3.8) is 0 Å². The van der Waals surface area contributed by atoms with E-state index in [1.165, 1.54) is 18.5 Å². The van der Waals surface area contributed by atoms with Crippen LogP contribution in [-0.2, 0) is 0 Å². The lowest BCUT2D eigenvalue weighted by atomic mass is 10.1. The summed E-state index contributed by atoms with van der Waals surface area (Å²) in [5.74, 6) is -0.994. The van der Waals surface area contributed by atoms with Crippen molar-refractivity contribution in [2.45, 2.75) is 0 Å². The summed E-state index contributed by atoms with van der Waals surface area (Å²) in [6.45, 7) is 0. The van der Waals surface area contributed by atoms with E-state index in [1.54, 1.807) is 6.07 Å². The number of aromatic carboxylic acids is 1. The molecule has 0 amide bonds. The van der Waals surface area contributed by atoms with E-state index in [4.69, 9.17) is 16.7 Å². The molecular formula is C9H5ClN2O2. The van der Waals surface area contributed by atoms with Gasteiger partial charge in [-0.15, -0.1) is 0 Å². The molecule has 1 heterocycles. The number of halogens is 1.